The lowest BCUT2D eigenvalue weighted by atomic mass is 10.2. The maximum atomic E-state index is 13.0. The van der Waals surface area contributed by atoms with Gasteiger partial charge >= 0.3 is 0 Å². The van der Waals surface area contributed by atoms with E-state index in [2.05, 4.69) is 35.3 Å². The molecular formula is C22H28N4O2S. The third-order valence-electron chi connectivity index (χ3n) is 4.90. The van der Waals surface area contributed by atoms with Crippen LogP contribution in [0.3, 0.4) is 0 Å². The minimum atomic E-state index is -0.104. The lowest BCUT2D eigenvalue weighted by Crippen LogP contribution is -2.26. The van der Waals surface area contributed by atoms with Crippen molar-refractivity contribution in [2.24, 2.45) is 5.92 Å². The van der Waals surface area contributed by atoms with Crippen molar-refractivity contribution in [1.82, 2.24) is 19.1 Å². The number of aromatic nitrogens is 4. The summed E-state index contributed by atoms with van der Waals surface area (Å²) in [6, 6.07) is 5.45. The van der Waals surface area contributed by atoms with E-state index >= 15 is 0 Å². The van der Waals surface area contributed by atoms with Crippen molar-refractivity contribution < 1.29 is 4.79 Å². The van der Waals surface area contributed by atoms with Crippen molar-refractivity contribution in [3.8, 4) is 0 Å². The normalized spacial score (nSPS) is 11.5. The number of fused-ring (bicyclic) bond motifs is 1. The minimum absolute atomic E-state index is 0.0527. The Morgan fingerprint density at radius 3 is 2.69 bits per heavy atom. The summed E-state index contributed by atoms with van der Waals surface area (Å²) in [5.74, 6) is 0.572. The van der Waals surface area contributed by atoms with E-state index in [9.17, 15) is 9.59 Å². The van der Waals surface area contributed by atoms with Crippen LogP contribution in [-0.2, 0) is 13.1 Å². The molecule has 3 aromatic rings. The first-order valence-corrected chi connectivity index (χ1v) is 11.0. The summed E-state index contributed by atoms with van der Waals surface area (Å²) in [4.78, 5) is 34.7. The summed E-state index contributed by atoms with van der Waals surface area (Å²) >= 11 is 1.31. The van der Waals surface area contributed by atoms with Gasteiger partial charge < -0.3 is 4.57 Å². The van der Waals surface area contributed by atoms with Crippen molar-refractivity contribution in [2.45, 2.75) is 59.3 Å². The Balaban J connectivity index is 1.91. The molecular weight excluding hydrogens is 384 g/mol. The first-order valence-electron chi connectivity index (χ1n) is 10.0. The van der Waals surface area contributed by atoms with E-state index in [1.807, 2.05) is 19.9 Å². The number of thioether (sulfide) groups is 1. The molecule has 0 aromatic carbocycles. The Bertz CT molecular complexity index is 1100. The predicted molar refractivity (Wildman–Crippen MR) is 118 cm³/mol. The van der Waals surface area contributed by atoms with Gasteiger partial charge in [0, 0.05) is 36.2 Å². The van der Waals surface area contributed by atoms with Crippen LogP contribution < -0.4 is 5.56 Å². The van der Waals surface area contributed by atoms with Crippen LogP contribution >= 0.6 is 11.8 Å². The molecule has 0 aliphatic heterocycles. The summed E-state index contributed by atoms with van der Waals surface area (Å²) in [5, 5.41) is 1.05. The average molecular weight is 413 g/mol. The molecule has 0 N–H and O–H groups in total. The molecule has 0 fully saturated rings. The molecule has 0 bridgehead atoms. The monoisotopic (exact) mass is 412 g/mol. The lowest BCUT2D eigenvalue weighted by molar-refractivity contribution is 0.102. The van der Waals surface area contributed by atoms with Gasteiger partial charge in [-0.05, 0) is 44.4 Å². The number of carbonyl (C=O) groups excluding carboxylic acids is 1. The molecule has 7 heteroatoms. The molecule has 3 heterocycles. The van der Waals surface area contributed by atoms with Gasteiger partial charge in [0.15, 0.2) is 16.6 Å². The fourth-order valence-electron chi connectivity index (χ4n) is 3.53. The van der Waals surface area contributed by atoms with Crippen LogP contribution in [0.2, 0.25) is 0 Å². The third kappa shape index (κ3) is 4.45. The number of pyridine rings is 1. The van der Waals surface area contributed by atoms with Crippen LogP contribution in [0.15, 0.2) is 34.3 Å². The van der Waals surface area contributed by atoms with Gasteiger partial charge in [-0.3, -0.25) is 14.2 Å². The molecule has 0 radical (unpaired) electrons. The van der Waals surface area contributed by atoms with Gasteiger partial charge in [-0.25, -0.2) is 9.97 Å². The molecule has 0 atom stereocenters. The Morgan fingerprint density at radius 2 is 2.00 bits per heavy atom. The van der Waals surface area contributed by atoms with Gasteiger partial charge in [0.05, 0.1) is 11.1 Å². The largest absolute Gasteiger partial charge is 0.348 e. The number of aryl methyl sites for hydroxylation is 1. The topological polar surface area (TPSA) is 69.8 Å². The highest BCUT2D eigenvalue weighted by Gasteiger charge is 2.18. The lowest BCUT2D eigenvalue weighted by Gasteiger charge is -2.14. The highest BCUT2D eigenvalue weighted by atomic mass is 32.2. The van der Waals surface area contributed by atoms with E-state index < -0.39 is 0 Å². The third-order valence-corrected chi connectivity index (χ3v) is 5.87. The summed E-state index contributed by atoms with van der Waals surface area (Å²) in [6.07, 6.45) is 2.65. The maximum Gasteiger partial charge on any atom is 0.263 e. The molecule has 0 aliphatic rings. The van der Waals surface area contributed by atoms with E-state index in [0.717, 1.165) is 29.9 Å². The quantitative estimate of drug-likeness (QED) is 0.314. The molecule has 3 rings (SSSR count). The molecule has 0 spiro atoms. The van der Waals surface area contributed by atoms with Crippen LogP contribution in [0.25, 0.3) is 11.0 Å². The van der Waals surface area contributed by atoms with Gasteiger partial charge in [-0.2, -0.15) is 0 Å². The summed E-state index contributed by atoms with van der Waals surface area (Å²) in [7, 11) is 0. The summed E-state index contributed by atoms with van der Waals surface area (Å²) in [5.41, 5.74) is 3.17. The highest BCUT2D eigenvalue weighted by molar-refractivity contribution is 7.99. The van der Waals surface area contributed by atoms with Crippen molar-refractivity contribution in [3.63, 3.8) is 0 Å². The second-order valence-electron chi connectivity index (χ2n) is 7.73. The number of nitrogens with zero attached hydrogens (tertiary/aromatic N) is 4. The molecule has 29 heavy (non-hydrogen) atoms. The molecule has 154 valence electrons. The number of rotatable bonds is 8. The SMILES string of the molecule is CCCn1c(C)cc(C(=O)CSc2nc3ncccc3c(=O)n2CC(C)C)c1C. The van der Waals surface area contributed by atoms with Crippen LogP contribution in [0.1, 0.15) is 48.9 Å². The van der Waals surface area contributed by atoms with Gasteiger partial charge in [-0.1, -0.05) is 32.5 Å². The van der Waals surface area contributed by atoms with Crippen LogP contribution in [0.5, 0.6) is 0 Å². The van der Waals surface area contributed by atoms with E-state index in [4.69, 9.17) is 0 Å². The van der Waals surface area contributed by atoms with E-state index in [0.29, 0.717) is 22.7 Å². The van der Waals surface area contributed by atoms with Gasteiger partial charge in [-0.15, -0.1) is 0 Å². The van der Waals surface area contributed by atoms with Gasteiger partial charge in [0.1, 0.15) is 0 Å². The molecule has 3 aromatic heterocycles. The molecule has 6 nitrogen and oxygen atoms in total. The second kappa shape index (κ2) is 8.95. The number of Topliss-reactive ketones (excluding diaryl/α,β-unsaturated/α-hetero) is 1. The Kier molecular flexibility index (Phi) is 6.57. The molecule has 0 saturated carbocycles. The average Bonchev–Trinajstić information content (AvgIpc) is 2.97. The zero-order chi connectivity index (χ0) is 21.1. The molecule has 0 aliphatic carbocycles. The second-order valence-corrected chi connectivity index (χ2v) is 8.67. The maximum absolute atomic E-state index is 13.0. The van der Waals surface area contributed by atoms with E-state index in [1.165, 1.54) is 11.8 Å². The van der Waals surface area contributed by atoms with E-state index in [-0.39, 0.29) is 23.0 Å². The summed E-state index contributed by atoms with van der Waals surface area (Å²) in [6.45, 7) is 11.7. The Labute approximate surface area is 175 Å². The van der Waals surface area contributed by atoms with E-state index in [1.54, 1.807) is 22.9 Å². The first kappa shape index (κ1) is 21.3. The number of carbonyl (C=O) groups is 1. The molecule has 0 saturated heterocycles. The Hall–Kier alpha value is -2.41. The molecule has 0 amide bonds. The van der Waals surface area contributed by atoms with Crippen molar-refractivity contribution in [1.29, 1.82) is 0 Å². The number of hydrogen-bond acceptors (Lipinski definition) is 5. The van der Waals surface area contributed by atoms with Gasteiger partial charge in [0.25, 0.3) is 5.56 Å². The van der Waals surface area contributed by atoms with Gasteiger partial charge in [0.2, 0.25) is 0 Å². The van der Waals surface area contributed by atoms with Crippen molar-refractivity contribution >= 4 is 28.6 Å². The van der Waals surface area contributed by atoms with Crippen LogP contribution in [-0.4, -0.2) is 30.6 Å². The highest BCUT2D eigenvalue weighted by Crippen LogP contribution is 2.22. The minimum Gasteiger partial charge on any atom is -0.348 e. The number of ketones is 1. The van der Waals surface area contributed by atoms with Crippen LogP contribution in [0, 0.1) is 19.8 Å². The van der Waals surface area contributed by atoms with Crippen molar-refractivity contribution in [2.75, 3.05) is 5.75 Å². The zero-order valence-electron chi connectivity index (χ0n) is 17.7. The fraction of sp³-hybridized carbons (Fsp3) is 0.455. The number of hydrogen-bond donors (Lipinski definition) is 0. The zero-order valence-corrected chi connectivity index (χ0v) is 18.5. The Morgan fingerprint density at radius 1 is 1.24 bits per heavy atom. The van der Waals surface area contributed by atoms with Crippen molar-refractivity contribution in [3.05, 3.63) is 51.7 Å². The smallest absolute Gasteiger partial charge is 0.263 e. The summed E-state index contributed by atoms with van der Waals surface area (Å²) < 4.78 is 3.86. The predicted octanol–water partition coefficient (Wildman–Crippen LogP) is 4.25. The van der Waals surface area contributed by atoms with Crippen LogP contribution in [0.4, 0.5) is 0 Å². The fourth-order valence-corrected chi connectivity index (χ4v) is 4.41. The molecule has 0 unspecified atom stereocenters. The first-order chi connectivity index (χ1) is 13.8. The standard InChI is InChI=1S/C22H28N4O2S/c1-6-10-25-15(4)11-18(16(25)5)19(27)13-29-22-24-20-17(8-7-9-23-20)21(28)26(22)12-14(2)3/h7-9,11,14H,6,10,12-13H2,1-5H3.